The summed E-state index contributed by atoms with van der Waals surface area (Å²) in [4.78, 5) is 11.5. The molecule has 2 rings (SSSR count). The van der Waals surface area contributed by atoms with E-state index in [9.17, 15) is 18.3 Å². The third kappa shape index (κ3) is 2.23. The van der Waals surface area contributed by atoms with Gasteiger partial charge in [-0.15, -0.1) is 0 Å². The molecule has 3 N–H and O–H groups in total. The van der Waals surface area contributed by atoms with E-state index < -0.39 is 26.8 Å². The molecule has 0 spiro atoms. The monoisotopic (exact) mass is 297 g/mol. The summed E-state index contributed by atoms with van der Waals surface area (Å²) in [7, 11) is -3.36. The predicted molar refractivity (Wildman–Crippen MR) is 75.3 cm³/mol. The van der Waals surface area contributed by atoms with Crippen LogP contribution in [-0.4, -0.2) is 30.8 Å². The highest BCUT2D eigenvalue weighted by molar-refractivity contribution is 7.91. The van der Waals surface area contributed by atoms with Crippen molar-refractivity contribution in [2.24, 2.45) is 5.73 Å². The minimum Gasteiger partial charge on any atom is -0.481 e. The van der Waals surface area contributed by atoms with Crippen LogP contribution in [-0.2, 0) is 20.0 Å². The first-order valence-corrected chi connectivity index (χ1v) is 8.08. The first kappa shape index (κ1) is 15.0. The minimum absolute atomic E-state index is 0.0715. The molecule has 5 nitrogen and oxygen atoms in total. The van der Waals surface area contributed by atoms with E-state index in [4.69, 9.17) is 5.73 Å². The molecule has 0 radical (unpaired) electrons. The van der Waals surface area contributed by atoms with Gasteiger partial charge in [-0.05, 0) is 31.9 Å². The molecule has 0 aromatic heterocycles. The van der Waals surface area contributed by atoms with Crippen LogP contribution < -0.4 is 5.73 Å². The number of sulfone groups is 1. The first-order chi connectivity index (χ1) is 9.10. The lowest BCUT2D eigenvalue weighted by Crippen LogP contribution is -2.57. The predicted octanol–water partition coefficient (Wildman–Crippen LogP) is 1.31. The van der Waals surface area contributed by atoms with Gasteiger partial charge in [0.15, 0.2) is 9.84 Å². The van der Waals surface area contributed by atoms with Gasteiger partial charge in [0.25, 0.3) is 0 Å². The molecule has 0 saturated heterocycles. The highest BCUT2D eigenvalue weighted by Gasteiger charge is 2.50. The van der Waals surface area contributed by atoms with Crippen LogP contribution in [0.1, 0.15) is 32.3 Å². The standard InChI is InChI=1S/C14H19NO4S/c1-13(2,15)14(9-12(16)17)7-8-20(18,19)11-6-4-3-5-10(11)14/h3-6H,7-9,15H2,1-2H3,(H,16,17). The molecule has 1 unspecified atom stereocenters. The number of carbonyl (C=O) groups is 1. The largest absolute Gasteiger partial charge is 0.481 e. The molecule has 0 saturated carbocycles. The number of nitrogens with two attached hydrogens (primary N) is 1. The van der Waals surface area contributed by atoms with Crippen LogP contribution in [0.15, 0.2) is 29.2 Å². The molecule has 1 aromatic rings. The Labute approximate surface area is 118 Å². The maximum Gasteiger partial charge on any atom is 0.304 e. The maximum absolute atomic E-state index is 12.2. The van der Waals surface area contributed by atoms with E-state index in [-0.39, 0.29) is 23.5 Å². The fourth-order valence-corrected chi connectivity index (χ4v) is 4.75. The fourth-order valence-electron chi connectivity index (χ4n) is 3.03. The number of rotatable bonds is 3. The normalized spacial score (nSPS) is 24.9. The van der Waals surface area contributed by atoms with Gasteiger partial charge in [0.05, 0.1) is 17.1 Å². The van der Waals surface area contributed by atoms with Gasteiger partial charge in [0, 0.05) is 11.0 Å². The molecule has 6 heteroatoms. The lowest BCUT2D eigenvalue weighted by atomic mass is 9.63. The Morgan fingerprint density at radius 2 is 2.00 bits per heavy atom. The summed E-state index contributed by atoms with van der Waals surface area (Å²) in [6, 6.07) is 6.59. The van der Waals surface area contributed by atoms with E-state index in [0.717, 1.165) is 0 Å². The van der Waals surface area contributed by atoms with E-state index >= 15 is 0 Å². The summed E-state index contributed by atoms with van der Waals surface area (Å²) >= 11 is 0. The second kappa shape index (κ2) is 4.56. The van der Waals surface area contributed by atoms with Crippen molar-refractivity contribution in [2.75, 3.05) is 5.75 Å². The summed E-state index contributed by atoms with van der Waals surface area (Å²) in [6.07, 6.45) is 0.0468. The molecule has 20 heavy (non-hydrogen) atoms. The van der Waals surface area contributed by atoms with E-state index in [1.54, 1.807) is 32.0 Å². The number of fused-ring (bicyclic) bond motifs is 1. The van der Waals surface area contributed by atoms with Crippen molar-refractivity contribution in [3.8, 4) is 0 Å². The molecular weight excluding hydrogens is 278 g/mol. The SMILES string of the molecule is CC(C)(N)C1(CC(=O)O)CCS(=O)(=O)c2ccccc21. The molecule has 110 valence electrons. The number of benzene rings is 1. The van der Waals surface area contributed by atoms with Crippen molar-refractivity contribution in [3.63, 3.8) is 0 Å². The fraction of sp³-hybridized carbons (Fsp3) is 0.500. The number of hydrogen-bond acceptors (Lipinski definition) is 4. The summed E-state index contributed by atoms with van der Waals surface area (Å²) in [5, 5.41) is 9.24. The number of aliphatic carboxylic acids is 1. The zero-order valence-electron chi connectivity index (χ0n) is 11.6. The highest BCUT2D eigenvalue weighted by Crippen LogP contribution is 2.47. The number of carboxylic acid groups (broad SMARTS) is 1. The summed E-state index contributed by atoms with van der Waals surface area (Å²) in [6.45, 7) is 3.51. The highest BCUT2D eigenvalue weighted by atomic mass is 32.2. The molecule has 1 atom stereocenters. The second-order valence-corrected chi connectivity index (χ2v) is 8.02. The van der Waals surface area contributed by atoms with Crippen molar-refractivity contribution in [3.05, 3.63) is 29.8 Å². The summed E-state index contributed by atoms with van der Waals surface area (Å²) in [5.41, 5.74) is 5.06. The van der Waals surface area contributed by atoms with Gasteiger partial charge < -0.3 is 10.8 Å². The molecular formula is C14H19NO4S. The average molecular weight is 297 g/mol. The van der Waals surface area contributed by atoms with Crippen LogP contribution in [0.4, 0.5) is 0 Å². The van der Waals surface area contributed by atoms with Crippen LogP contribution in [0.5, 0.6) is 0 Å². The summed E-state index contributed by atoms with van der Waals surface area (Å²) < 4.78 is 24.4. The molecule has 0 amide bonds. The van der Waals surface area contributed by atoms with E-state index in [1.165, 1.54) is 6.07 Å². The van der Waals surface area contributed by atoms with Crippen molar-refractivity contribution in [1.29, 1.82) is 0 Å². The molecule has 0 bridgehead atoms. The van der Waals surface area contributed by atoms with Crippen molar-refractivity contribution in [2.45, 2.75) is 42.5 Å². The van der Waals surface area contributed by atoms with Gasteiger partial charge >= 0.3 is 5.97 Å². The number of hydrogen-bond donors (Lipinski definition) is 2. The zero-order valence-corrected chi connectivity index (χ0v) is 12.4. The van der Waals surface area contributed by atoms with Crippen molar-refractivity contribution >= 4 is 15.8 Å². The van der Waals surface area contributed by atoms with Gasteiger partial charge in [-0.1, -0.05) is 18.2 Å². The molecule has 0 aliphatic carbocycles. The van der Waals surface area contributed by atoms with Crippen molar-refractivity contribution in [1.82, 2.24) is 0 Å². The Morgan fingerprint density at radius 1 is 1.40 bits per heavy atom. The maximum atomic E-state index is 12.2. The van der Waals surface area contributed by atoms with E-state index in [1.807, 2.05) is 0 Å². The van der Waals surface area contributed by atoms with Crippen LogP contribution in [0, 0.1) is 0 Å². The Hall–Kier alpha value is -1.40. The summed E-state index contributed by atoms with van der Waals surface area (Å²) in [5.74, 6) is -1.05. The van der Waals surface area contributed by atoms with Crippen molar-refractivity contribution < 1.29 is 18.3 Å². The van der Waals surface area contributed by atoms with Gasteiger partial charge in [-0.25, -0.2) is 8.42 Å². The topological polar surface area (TPSA) is 97.5 Å². The Bertz CT molecular complexity index is 645. The second-order valence-electron chi connectivity index (χ2n) is 5.94. The Morgan fingerprint density at radius 3 is 2.55 bits per heavy atom. The lowest BCUT2D eigenvalue weighted by Gasteiger charge is -2.47. The van der Waals surface area contributed by atoms with Crippen LogP contribution in [0.25, 0.3) is 0 Å². The lowest BCUT2D eigenvalue weighted by molar-refractivity contribution is -0.139. The zero-order chi connectivity index (χ0) is 15.2. The smallest absolute Gasteiger partial charge is 0.304 e. The number of carboxylic acids is 1. The average Bonchev–Trinajstić information content (AvgIpc) is 2.31. The van der Waals surface area contributed by atoms with Crippen LogP contribution in [0.2, 0.25) is 0 Å². The molecule has 1 aromatic carbocycles. The third-order valence-electron chi connectivity index (χ3n) is 4.22. The molecule has 0 fully saturated rings. The quantitative estimate of drug-likeness (QED) is 0.876. The third-order valence-corrected chi connectivity index (χ3v) is 5.99. The van der Waals surface area contributed by atoms with E-state index in [2.05, 4.69) is 0 Å². The van der Waals surface area contributed by atoms with Gasteiger partial charge in [-0.3, -0.25) is 4.79 Å². The minimum atomic E-state index is -3.36. The first-order valence-electron chi connectivity index (χ1n) is 6.43. The van der Waals surface area contributed by atoms with Crippen LogP contribution in [0.3, 0.4) is 0 Å². The Kier molecular flexibility index (Phi) is 3.42. The van der Waals surface area contributed by atoms with Gasteiger partial charge in [0.1, 0.15) is 0 Å². The van der Waals surface area contributed by atoms with Crippen LogP contribution >= 0.6 is 0 Å². The molecule has 1 heterocycles. The van der Waals surface area contributed by atoms with Gasteiger partial charge in [0.2, 0.25) is 0 Å². The molecule has 1 aliphatic heterocycles. The van der Waals surface area contributed by atoms with E-state index in [0.29, 0.717) is 5.56 Å². The van der Waals surface area contributed by atoms with Gasteiger partial charge in [-0.2, -0.15) is 0 Å². The molecule has 1 aliphatic rings. The Balaban J connectivity index is 2.75.